The summed E-state index contributed by atoms with van der Waals surface area (Å²) in [6.07, 6.45) is 3.19. The fraction of sp³-hybridized carbons (Fsp3) is 0.0625. The number of anilines is 1. The number of amides is 1. The topological polar surface area (TPSA) is 38.3 Å². The second kappa shape index (κ2) is 6.78. The molecule has 0 aliphatic rings. The van der Waals surface area contributed by atoms with Gasteiger partial charge in [-0.05, 0) is 35.9 Å². The lowest BCUT2D eigenvalue weighted by Crippen LogP contribution is -2.07. The first-order valence-electron chi connectivity index (χ1n) is 6.06. The lowest BCUT2D eigenvalue weighted by Gasteiger charge is -2.03. The molecule has 2 rings (SSSR count). The molecule has 2 aromatic carbocycles. The Kier molecular flexibility index (Phi) is 4.80. The van der Waals surface area contributed by atoms with Crippen LogP contribution in [0.2, 0.25) is 5.02 Å². The van der Waals surface area contributed by atoms with Gasteiger partial charge in [0.25, 0.3) is 0 Å². The highest BCUT2D eigenvalue weighted by Crippen LogP contribution is 2.20. The molecule has 0 fully saturated rings. The average molecular weight is 288 g/mol. The first kappa shape index (κ1) is 14.2. The molecule has 0 saturated carbocycles. The molecular formula is C16H14ClNO2. The fourth-order valence-electron chi connectivity index (χ4n) is 1.62. The van der Waals surface area contributed by atoms with Crippen molar-refractivity contribution >= 4 is 29.3 Å². The van der Waals surface area contributed by atoms with E-state index in [2.05, 4.69) is 5.32 Å². The van der Waals surface area contributed by atoms with Crippen LogP contribution in [0, 0.1) is 0 Å². The number of rotatable bonds is 4. The fourth-order valence-corrected chi connectivity index (χ4v) is 1.81. The Morgan fingerprint density at radius 1 is 1.15 bits per heavy atom. The summed E-state index contributed by atoms with van der Waals surface area (Å²) in [5.41, 5.74) is 1.51. The van der Waals surface area contributed by atoms with E-state index < -0.39 is 0 Å². The Bertz CT molecular complexity index is 621. The van der Waals surface area contributed by atoms with Gasteiger partial charge >= 0.3 is 0 Å². The molecule has 0 aliphatic carbocycles. The van der Waals surface area contributed by atoms with Crippen LogP contribution >= 0.6 is 11.6 Å². The van der Waals surface area contributed by atoms with Crippen molar-refractivity contribution in [3.8, 4) is 5.75 Å². The summed E-state index contributed by atoms with van der Waals surface area (Å²) >= 11 is 5.97. The van der Waals surface area contributed by atoms with Gasteiger partial charge < -0.3 is 10.1 Å². The van der Waals surface area contributed by atoms with E-state index in [-0.39, 0.29) is 5.91 Å². The number of nitrogens with one attached hydrogen (secondary N) is 1. The van der Waals surface area contributed by atoms with Gasteiger partial charge in [0.1, 0.15) is 5.75 Å². The van der Waals surface area contributed by atoms with Gasteiger partial charge in [0.2, 0.25) is 5.91 Å². The van der Waals surface area contributed by atoms with Gasteiger partial charge in [0.05, 0.1) is 17.8 Å². The predicted octanol–water partition coefficient (Wildman–Crippen LogP) is 4.00. The van der Waals surface area contributed by atoms with Crippen molar-refractivity contribution in [3.63, 3.8) is 0 Å². The van der Waals surface area contributed by atoms with E-state index in [1.54, 1.807) is 25.3 Å². The molecule has 0 saturated heterocycles. The van der Waals surface area contributed by atoms with Crippen molar-refractivity contribution in [1.29, 1.82) is 0 Å². The smallest absolute Gasteiger partial charge is 0.248 e. The number of halogens is 1. The Balaban J connectivity index is 2.00. The SMILES string of the molecule is COc1ccc(/C=C/C(=O)Nc2ccccc2Cl)cc1. The number of carbonyl (C=O) groups excluding carboxylic acids is 1. The third kappa shape index (κ3) is 3.87. The molecule has 0 unspecified atom stereocenters. The minimum absolute atomic E-state index is 0.228. The summed E-state index contributed by atoms with van der Waals surface area (Å²) in [6.45, 7) is 0. The largest absolute Gasteiger partial charge is 0.497 e. The van der Waals surface area contributed by atoms with Crippen LogP contribution in [0.4, 0.5) is 5.69 Å². The summed E-state index contributed by atoms with van der Waals surface area (Å²) in [6, 6.07) is 14.5. The van der Waals surface area contributed by atoms with E-state index in [4.69, 9.17) is 16.3 Å². The van der Waals surface area contributed by atoms with Gasteiger partial charge in [-0.15, -0.1) is 0 Å². The number of hydrogen-bond donors (Lipinski definition) is 1. The van der Waals surface area contributed by atoms with Crippen LogP contribution in [0.25, 0.3) is 6.08 Å². The van der Waals surface area contributed by atoms with Crippen LogP contribution in [0.3, 0.4) is 0 Å². The van der Waals surface area contributed by atoms with Crippen LogP contribution in [0.5, 0.6) is 5.75 Å². The molecule has 102 valence electrons. The number of para-hydroxylation sites is 1. The van der Waals surface area contributed by atoms with Crippen molar-refractivity contribution in [2.24, 2.45) is 0 Å². The molecule has 1 amide bonds. The normalized spacial score (nSPS) is 10.5. The summed E-state index contributed by atoms with van der Waals surface area (Å²) in [5.74, 6) is 0.552. The highest BCUT2D eigenvalue weighted by atomic mass is 35.5. The molecule has 0 aliphatic heterocycles. The Labute approximate surface area is 122 Å². The maximum absolute atomic E-state index is 11.8. The van der Waals surface area contributed by atoms with Crippen molar-refractivity contribution in [3.05, 3.63) is 65.2 Å². The van der Waals surface area contributed by atoms with E-state index in [1.807, 2.05) is 36.4 Å². The zero-order valence-corrected chi connectivity index (χ0v) is 11.7. The average Bonchev–Trinajstić information content (AvgIpc) is 2.48. The van der Waals surface area contributed by atoms with Crippen molar-refractivity contribution in [2.45, 2.75) is 0 Å². The number of methoxy groups -OCH3 is 1. The lowest BCUT2D eigenvalue weighted by molar-refractivity contribution is -0.111. The molecule has 20 heavy (non-hydrogen) atoms. The van der Waals surface area contributed by atoms with Crippen molar-refractivity contribution < 1.29 is 9.53 Å². The number of ether oxygens (including phenoxy) is 1. The molecule has 0 aromatic heterocycles. The maximum atomic E-state index is 11.8. The summed E-state index contributed by atoms with van der Waals surface area (Å²) in [5, 5.41) is 3.23. The first-order chi connectivity index (χ1) is 9.69. The van der Waals surface area contributed by atoms with Crippen molar-refractivity contribution in [2.75, 3.05) is 12.4 Å². The predicted molar refractivity (Wildman–Crippen MR) is 82.1 cm³/mol. The maximum Gasteiger partial charge on any atom is 0.248 e. The molecule has 4 heteroatoms. The molecular weight excluding hydrogens is 274 g/mol. The molecule has 0 atom stereocenters. The second-order valence-corrected chi connectivity index (χ2v) is 4.48. The number of hydrogen-bond acceptors (Lipinski definition) is 2. The second-order valence-electron chi connectivity index (χ2n) is 4.08. The van der Waals surface area contributed by atoms with Gasteiger partial charge in [-0.1, -0.05) is 35.9 Å². The summed E-state index contributed by atoms with van der Waals surface area (Å²) in [7, 11) is 1.61. The minimum atomic E-state index is -0.228. The van der Waals surface area contributed by atoms with Gasteiger partial charge in [-0.25, -0.2) is 0 Å². The Morgan fingerprint density at radius 3 is 2.50 bits per heavy atom. The molecule has 3 nitrogen and oxygen atoms in total. The highest BCUT2D eigenvalue weighted by Gasteiger charge is 2.01. The van der Waals surface area contributed by atoms with Gasteiger partial charge in [-0.3, -0.25) is 4.79 Å². The molecule has 0 spiro atoms. The Morgan fingerprint density at radius 2 is 1.85 bits per heavy atom. The molecule has 1 N–H and O–H groups in total. The summed E-state index contributed by atoms with van der Waals surface area (Å²) in [4.78, 5) is 11.8. The van der Waals surface area contributed by atoms with Gasteiger partial charge in [-0.2, -0.15) is 0 Å². The molecule has 0 bridgehead atoms. The zero-order chi connectivity index (χ0) is 14.4. The van der Waals surface area contributed by atoms with E-state index in [9.17, 15) is 4.79 Å². The molecule has 2 aromatic rings. The van der Waals surface area contributed by atoms with Crippen molar-refractivity contribution in [1.82, 2.24) is 0 Å². The highest BCUT2D eigenvalue weighted by molar-refractivity contribution is 6.33. The van der Waals surface area contributed by atoms with E-state index in [0.717, 1.165) is 11.3 Å². The third-order valence-corrected chi connectivity index (χ3v) is 3.00. The number of benzene rings is 2. The van der Waals surface area contributed by atoms with Crippen LogP contribution in [-0.2, 0) is 4.79 Å². The van der Waals surface area contributed by atoms with Crippen LogP contribution < -0.4 is 10.1 Å². The van der Waals surface area contributed by atoms with Gasteiger partial charge in [0, 0.05) is 6.08 Å². The molecule has 0 radical (unpaired) electrons. The standard InChI is InChI=1S/C16H14ClNO2/c1-20-13-9-6-12(7-10-13)8-11-16(19)18-15-5-3-2-4-14(15)17/h2-11H,1H3,(H,18,19)/b11-8+. The number of carbonyl (C=O) groups is 1. The zero-order valence-electron chi connectivity index (χ0n) is 11.0. The van der Waals surface area contributed by atoms with Crippen LogP contribution in [-0.4, -0.2) is 13.0 Å². The lowest BCUT2D eigenvalue weighted by atomic mass is 10.2. The van der Waals surface area contributed by atoms with E-state index in [1.165, 1.54) is 6.08 Å². The minimum Gasteiger partial charge on any atom is -0.497 e. The summed E-state index contributed by atoms with van der Waals surface area (Å²) < 4.78 is 5.07. The van der Waals surface area contributed by atoms with Gasteiger partial charge in [0.15, 0.2) is 0 Å². The molecule has 0 heterocycles. The van der Waals surface area contributed by atoms with Crippen LogP contribution in [0.15, 0.2) is 54.6 Å². The Hall–Kier alpha value is -2.26. The van der Waals surface area contributed by atoms with E-state index in [0.29, 0.717) is 10.7 Å². The third-order valence-electron chi connectivity index (χ3n) is 2.67. The first-order valence-corrected chi connectivity index (χ1v) is 6.44. The van der Waals surface area contributed by atoms with Crippen LogP contribution in [0.1, 0.15) is 5.56 Å². The van der Waals surface area contributed by atoms with E-state index >= 15 is 0 Å². The monoisotopic (exact) mass is 287 g/mol. The quantitative estimate of drug-likeness (QED) is 0.863.